The van der Waals surface area contributed by atoms with Gasteiger partial charge >= 0.3 is 20.1 Å². The van der Waals surface area contributed by atoms with Gasteiger partial charge in [0.25, 0.3) is 0 Å². The van der Waals surface area contributed by atoms with Gasteiger partial charge in [0.1, 0.15) is 0 Å². The van der Waals surface area contributed by atoms with Crippen LogP contribution in [0.1, 0.15) is 0 Å². The fraction of sp³-hybridized carbons (Fsp3) is 0. The first kappa shape index (κ1) is 23.8. The summed E-state index contributed by atoms with van der Waals surface area (Å²) in [4.78, 5) is 28.5. The maximum absolute atomic E-state index is 8.25. The van der Waals surface area contributed by atoms with E-state index >= 15 is 0 Å². The van der Waals surface area contributed by atoms with Crippen molar-refractivity contribution >= 4 is 19.4 Å². The average molecular weight is 406 g/mol. The van der Waals surface area contributed by atoms with E-state index in [4.69, 9.17) is 29.7 Å². The van der Waals surface area contributed by atoms with Crippen molar-refractivity contribution in [3.8, 4) is 0 Å². The van der Waals surface area contributed by atoms with Gasteiger partial charge in [-0.1, -0.05) is 6.07 Å². The van der Waals surface area contributed by atoms with Crippen LogP contribution in [0, 0.1) is 0 Å². The molecule has 0 radical (unpaired) electrons. The molecule has 90 valence electrons. The van der Waals surface area contributed by atoms with Crippen molar-refractivity contribution in [2.45, 2.75) is 0 Å². The summed E-state index contributed by atoms with van der Waals surface area (Å²) < 4.78 is 0. The van der Waals surface area contributed by atoms with E-state index < -0.39 is 19.4 Å². The maximum atomic E-state index is 8.25. The number of rotatable bonds is 0. The third-order valence-corrected chi connectivity index (χ3v) is 0.566. The summed E-state index contributed by atoms with van der Waals surface area (Å²) in [5.74, 6) is 0. The Kier molecular flexibility index (Phi) is 56.3. The van der Waals surface area contributed by atoms with Gasteiger partial charge in [-0.3, -0.25) is 4.98 Å². The Bertz CT molecular complexity index is 180. The van der Waals surface area contributed by atoms with E-state index in [1.165, 1.54) is 0 Å². The molecule has 1 heterocycles. The first-order chi connectivity index (χ1) is 7.24. The Balaban J connectivity index is -0.0000000637. The van der Waals surface area contributed by atoms with E-state index in [0.29, 0.717) is 0 Å². The minimum absolute atomic E-state index is 0. The van der Waals surface area contributed by atoms with E-state index in [-0.39, 0.29) is 20.1 Å². The number of carboxylic acid groups (broad SMARTS) is 3. The standard InChI is InChI=1S/C5H5N.3CH2O2.Ir/c1-2-4-6-5-3-1;3*2-1-3;/h1-5H;3*1H,(H,2,3);/q;;;;+3/p-3. The first-order valence-corrected chi connectivity index (χ1v) is 3.26. The molecule has 1 rings (SSSR count). The second-order valence-corrected chi connectivity index (χ2v) is 1.31. The number of pyridine rings is 1. The third kappa shape index (κ3) is 86.6. The van der Waals surface area contributed by atoms with Gasteiger partial charge in [0, 0.05) is 31.8 Å². The van der Waals surface area contributed by atoms with Crippen molar-refractivity contribution in [1.82, 2.24) is 4.98 Å². The molecule has 0 bridgehead atoms. The van der Waals surface area contributed by atoms with Crippen molar-refractivity contribution in [2.24, 2.45) is 0 Å². The molecule has 1 aromatic heterocycles. The summed E-state index contributed by atoms with van der Waals surface area (Å²) in [6.45, 7) is -1.50. The second-order valence-electron chi connectivity index (χ2n) is 1.31. The van der Waals surface area contributed by atoms with E-state index in [2.05, 4.69) is 4.98 Å². The quantitative estimate of drug-likeness (QED) is 0.403. The molecule has 0 saturated carbocycles. The molecule has 0 amide bonds. The zero-order valence-corrected chi connectivity index (χ0v) is 10.2. The molecule has 16 heavy (non-hydrogen) atoms. The molecule has 0 saturated heterocycles. The molecular formula is C8H8IrNO6. The summed E-state index contributed by atoms with van der Waals surface area (Å²) in [7, 11) is 0. The van der Waals surface area contributed by atoms with Crippen LogP contribution in [0.25, 0.3) is 0 Å². The van der Waals surface area contributed by atoms with Gasteiger partial charge in [0.15, 0.2) is 0 Å². The second kappa shape index (κ2) is 37.9. The van der Waals surface area contributed by atoms with Crippen LogP contribution in [0.3, 0.4) is 0 Å². The molecule has 0 spiro atoms. The molecule has 0 aromatic carbocycles. The maximum Gasteiger partial charge on any atom is 3.00 e. The molecule has 0 aliphatic heterocycles. The zero-order chi connectivity index (χ0) is 12.4. The monoisotopic (exact) mass is 407 g/mol. The number of nitrogens with zero attached hydrogens (tertiary/aromatic N) is 1. The van der Waals surface area contributed by atoms with Crippen LogP contribution >= 0.6 is 0 Å². The number of carbonyl (C=O) groups excluding carboxylic acids is 3. The molecular weight excluding hydrogens is 398 g/mol. The van der Waals surface area contributed by atoms with Gasteiger partial charge in [-0.2, -0.15) is 0 Å². The van der Waals surface area contributed by atoms with Crippen molar-refractivity contribution in [1.29, 1.82) is 0 Å². The molecule has 0 aliphatic rings. The van der Waals surface area contributed by atoms with Crippen molar-refractivity contribution in [3.63, 3.8) is 0 Å². The third-order valence-electron chi connectivity index (χ3n) is 0.566. The Morgan fingerprint density at radius 2 is 1.00 bits per heavy atom. The first-order valence-electron chi connectivity index (χ1n) is 3.26. The molecule has 0 unspecified atom stereocenters. The summed E-state index contributed by atoms with van der Waals surface area (Å²) in [6.07, 6.45) is 3.50. The summed E-state index contributed by atoms with van der Waals surface area (Å²) in [5, 5.41) is 24.8. The Labute approximate surface area is 105 Å². The van der Waals surface area contributed by atoms with Crippen molar-refractivity contribution < 1.29 is 49.8 Å². The molecule has 1 aromatic rings. The van der Waals surface area contributed by atoms with E-state index in [1.54, 1.807) is 12.4 Å². The number of carbonyl (C=O) groups is 3. The Hall–Kier alpha value is -1.79. The van der Waals surface area contributed by atoms with Gasteiger partial charge in [-0.25, -0.2) is 0 Å². The minimum Gasteiger partial charge on any atom is -0.554 e. The summed E-state index contributed by atoms with van der Waals surface area (Å²) in [5.41, 5.74) is 0. The molecule has 0 fully saturated rings. The van der Waals surface area contributed by atoms with Crippen LogP contribution < -0.4 is 15.3 Å². The smallest absolute Gasteiger partial charge is 0.554 e. The Morgan fingerprint density at radius 1 is 0.750 bits per heavy atom. The van der Waals surface area contributed by atoms with Crippen molar-refractivity contribution in [2.75, 3.05) is 0 Å². The topological polar surface area (TPSA) is 133 Å². The van der Waals surface area contributed by atoms with Gasteiger partial charge in [-0.15, -0.1) is 0 Å². The average Bonchev–Trinajstić information content (AvgIpc) is 2.24. The fourth-order valence-electron chi connectivity index (χ4n) is 0.313. The summed E-state index contributed by atoms with van der Waals surface area (Å²) >= 11 is 0. The normalized spacial score (nSPS) is 5.25. The van der Waals surface area contributed by atoms with Crippen LogP contribution in [0.15, 0.2) is 30.6 Å². The van der Waals surface area contributed by atoms with Gasteiger partial charge in [0.2, 0.25) is 0 Å². The molecule has 0 atom stereocenters. The minimum atomic E-state index is -0.500. The van der Waals surface area contributed by atoms with Crippen LogP contribution in [-0.2, 0) is 34.5 Å². The number of aromatic nitrogens is 1. The predicted octanol–water partition coefficient (Wildman–Crippen LogP) is -3.82. The van der Waals surface area contributed by atoms with Crippen LogP contribution in [0.2, 0.25) is 0 Å². The van der Waals surface area contributed by atoms with Crippen molar-refractivity contribution in [3.05, 3.63) is 30.6 Å². The number of hydrogen-bond acceptors (Lipinski definition) is 7. The van der Waals surface area contributed by atoms with Gasteiger partial charge in [0.05, 0.1) is 0 Å². The number of hydrogen-bond donors (Lipinski definition) is 0. The predicted molar refractivity (Wildman–Crippen MR) is 42.4 cm³/mol. The zero-order valence-electron chi connectivity index (χ0n) is 7.85. The molecule has 0 aliphatic carbocycles. The van der Waals surface area contributed by atoms with Crippen LogP contribution in [0.5, 0.6) is 0 Å². The van der Waals surface area contributed by atoms with Crippen LogP contribution in [-0.4, -0.2) is 24.4 Å². The SMILES string of the molecule is O=C[O-].O=C[O-].O=C[O-].[Ir+3].c1ccncc1. The van der Waals surface area contributed by atoms with Gasteiger partial charge in [-0.05, 0) is 12.1 Å². The fourth-order valence-corrected chi connectivity index (χ4v) is 0.313. The Morgan fingerprint density at radius 3 is 1.06 bits per heavy atom. The van der Waals surface area contributed by atoms with Crippen LogP contribution in [0.4, 0.5) is 0 Å². The molecule has 0 N–H and O–H groups in total. The molecule has 8 heteroatoms. The summed E-state index contributed by atoms with van der Waals surface area (Å²) in [6, 6.07) is 5.72. The van der Waals surface area contributed by atoms with E-state index in [1.807, 2.05) is 18.2 Å². The van der Waals surface area contributed by atoms with Gasteiger partial charge < -0.3 is 29.7 Å². The largest absolute Gasteiger partial charge is 3.00 e. The molecule has 7 nitrogen and oxygen atoms in total. The van der Waals surface area contributed by atoms with E-state index in [0.717, 1.165) is 0 Å². The van der Waals surface area contributed by atoms with E-state index in [9.17, 15) is 0 Å².